The average molecular weight is 639 g/mol. The van der Waals surface area contributed by atoms with Crippen LogP contribution in [-0.4, -0.2) is 48.7 Å². The number of aromatic nitrogens is 4. The summed E-state index contributed by atoms with van der Waals surface area (Å²) in [5.74, 6) is 0.176. The lowest BCUT2D eigenvalue weighted by Crippen LogP contribution is -2.51. The highest BCUT2D eigenvalue weighted by Crippen LogP contribution is 2.50. The predicted molar refractivity (Wildman–Crippen MR) is 174 cm³/mol. The summed E-state index contributed by atoms with van der Waals surface area (Å²) in [5.41, 5.74) is 1.98. The van der Waals surface area contributed by atoms with E-state index in [9.17, 15) is 9.59 Å². The quantitative estimate of drug-likeness (QED) is 0.273. The van der Waals surface area contributed by atoms with Crippen LogP contribution in [0, 0.1) is 16.7 Å². The fourth-order valence-electron chi connectivity index (χ4n) is 6.48. The van der Waals surface area contributed by atoms with Gasteiger partial charge in [0.05, 0.1) is 6.04 Å². The summed E-state index contributed by atoms with van der Waals surface area (Å²) in [7, 11) is 0. The van der Waals surface area contributed by atoms with Gasteiger partial charge in [-0.2, -0.15) is 5.21 Å². The summed E-state index contributed by atoms with van der Waals surface area (Å²) in [6, 6.07) is 12.4. The summed E-state index contributed by atoms with van der Waals surface area (Å²) < 4.78 is 0. The molecule has 1 saturated carbocycles. The molecule has 1 spiro atoms. The Morgan fingerprint density at radius 1 is 1.05 bits per heavy atom. The van der Waals surface area contributed by atoms with Crippen molar-refractivity contribution < 1.29 is 9.59 Å². The smallest absolute Gasteiger partial charge is 0.275 e. The van der Waals surface area contributed by atoms with E-state index < -0.39 is 5.66 Å². The zero-order chi connectivity index (χ0) is 31.9. The minimum Gasteiger partial charge on any atom is -0.305 e. The standard InChI is InChI=1S/C33H41Cl2N7O2/c1-31(2,3)14-13-26(20-7-9-21(10-8-20)28(43)36-30-38-40-41-39-30)42-29(44)27(22-17-24(34)19-25(35)18-22)37-33(42)15-11-23(12-16-33)32(4,5)6/h7-10,17-19,23,26H,11-16H2,1-6H3,(H2,36,38,39,40,41,43)/t23?,26-,33?/m1/s1. The van der Waals surface area contributed by atoms with Crippen LogP contribution in [-0.2, 0) is 4.79 Å². The second kappa shape index (κ2) is 12.2. The molecule has 1 aliphatic carbocycles. The van der Waals surface area contributed by atoms with Crippen molar-refractivity contribution in [3.63, 3.8) is 0 Å². The second-order valence-electron chi connectivity index (χ2n) is 14.3. The minimum atomic E-state index is -0.680. The van der Waals surface area contributed by atoms with E-state index in [4.69, 9.17) is 28.2 Å². The molecule has 0 unspecified atom stereocenters. The van der Waals surface area contributed by atoms with Gasteiger partial charge in [-0.25, -0.2) is 0 Å². The monoisotopic (exact) mass is 637 g/mol. The van der Waals surface area contributed by atoms with Crippen LogP contribution in [0.4, 0.5) is 5.95 Å². The number of carbonyl (C=O) groups excluding carboxylic acids is 2. The number of carbonyl (C=O) groups is 2. The molecule has 9 nitrogen and oxygen atoms in total. The fourth-order valence-corrected chi connectivity index (χ4v) is 7.01. The zero-order valence-electron chi connectivity index (χ0n) is 26.2. The second-order valence-corrected chi connectivity index (χ2v) is 15.2. The molecular formula is C33H41Cl2N7O2. The number of rotatable bonds is 7. The SMILES string of the molecule is CC(C)(C)CC[C@H](c1ccc(C(=O)Nc2nn[nH]n2)cc1)N1C(=O)C(c2cc(Cl)cc(Cl)c2)=NC12CCC(C(C)(C)C)CC2. The highest BCUT2D eigenvalue weighted by molar-refractivity contribution is 6.47. The van der Waals surface area contributed by atoms with Gasteiger partial charge in [-0.1, -0.05) is 82.0 Å². The molecule has 234 valence electrons. The number of nitrogens with zero attached hydrogens (tertiary/aromatic N) is 5. The first-order valence-corrected chi connectivity index (χ1v) is 16.0. The zero-order valence-corrected chi connectivity index (χ0v) is 27.8. The number of anilines is 1. The molecule has 1 aromatic heterocycles. The van der Waals surface area contributed by atoms with E-state index in [2.05, 4.69) is 67.5 Å². The first kappa shape index (κ1) is 32.1. The number of aromatic amines is 1. The van der Waals surface area contributed by atoms with Gasteiger partial charge in [0.1, 0.15) is 11.4 Å². The van der Waals surface area contributed by atoms with Crippen molar-refractivity contribution in [3.8, 4) is 0 Å². The molecule has 1 aliphatic heterocycles. The Morgan fingerprint density at radius 3 is 2.23 bits per heavy atom. The summed E-state index contributed by atoms with van der Waals surface area (Å²) in [6.07, 6.45) is 5.13. The van der Waals surface area contributed by atoms with Crippen LogP contribution in [0.25, 0.3) is 0 Å². The molecule has 44 heavy (non-hydrogen) atoms. The molecule has 5 rings (SSSR count). The number of H-pyrrole nitrogens is 1. The third kappa shape index (κ3) is 6.99. The number of halogens is 2. The maximum absolute atomic E-state index is 14.6. The molecule has 2 amide bonds. The van der Waals surface area contributed by atoms with E-state index >= 15 is 0 Å². The molecule has 0 radical (unpaired) electrons. The van der Waals surface area contributed by atoms with Gasteiger partial charge in [-0.05, 0) is 96.4 Å². The lowest BCUT2D eigenvalue weighted by Gasteiger charge is -2.47. The fraction of sp³-hybridized carbons (Fsp3) is 0.515. The maximum atomic E-state index is 14.6. The maximum Gasteiger partial charge on any atom is 0.275 e. The van der Waals surface area contributed by atoms with E-state index in [1.165, 1.54) is 0 Å². The van der Waals surface area contributed by atoms with Crippen molar-refractivity contribution in [1.29, 1.82) is 0 Å². The molecule has 11 heteroatoms. The number of benzene rings is 2. The summed E-state index contributed by atoms with van der Waals surface area (Å²) >= 11 is 12.8. The molecule has 0 saturated heterocycles. The van der Waals surface area contributed by atoms with Crippen molar-refractivity contribution in [1.82, 2.24) is 25.5 Å². The van der Waals surface area contributed by atoms with Gasteiger partial charge in [0.15, 0.2) is 0 Å². The van der Waals surface area contributed by atoms with Crippen LogP contribution < -0.4 is 5.32 Å². The van der Waals surface area contributed by atoms with Gasteiger partial charge in [0, 0.05) is 21.2 Å². The molecule has 2 heterocycles. The average Bonchev–Trinajstić information content (AvgIpc) is 3.54. The van der Waals surface area contributed by atoms with Gasteiger partial charge in [-0.15, -0.1) is 5.10 Å². The number of amides is 2. The van der Waals surface area contributed by atoms with Gasteiger partial charge in [-0.3, -0.25) is 19.9 Å². The topological polar surface area (TPSA) is 116 Å². The number of aliphatic imine (C=N–C) groups is 1. The van der Waals surface area contributed by atoms with Gasteiger partial charge >= 0.3 is 0 Å². The van der Waals surface area contributed by atoms with E-state index in [0.717, 1.165) is 44.1 Å². The summed E-state index contributed by atoms with van der Waals surface area (Å²) in [5, 5.41) is 17.0. The molecule has 3 aromatic rings. The normalized spacial score (nSPS) is 21.5. The van der Waals surface area contributed by atoms with Crippen molar-refractivity contribution in [2.45, 2.75) is 91.8 Å². The van der Waals surface area contributed by atoms with Crippen LogP contribution in [0.3, 0.4) is 0 Å². The van der Waals surface area contributed by atoms with Crippen molar-refractivity contribution in [3.05, 3.63) is 69.2 Å². The Balaban J connectivity index is 1.54. The third-order valence-electron chi connectivity index (χ3n) is 8.94. The van der Waals surface area contributed by atoms with E-state index in [-0.39, 0.29) is 34.6 Å². The van der Waals surface area contributed by atoms with Crippen LogP contribution in [0.2, 0.25) is 10.0 Å². The first-order valence-electron chi connectivity index (χ1n) is 15.2. The number of hydrogen-bond acceptors (Lipinski definition) is 6. The molecule has 1 atom stereocenters. The van der Waals surface area contributed by atoms with E-state index in [1.54, 1.807) is 30.3 Å². The number of hydrogen-bond donors (Lipinski definition) is 2. The minimum absolute atomic E-state index is 0.0483. The van der Waals surface area contributed by atoms with Crippen molar-refractivity contribution in [2.24, 2.45) is 21.7 Å². The number of tetrazole rings is 1. The highest BCUT2D eigenvalue weighted by Gasteiger charge is 2.52. The Hall–Kier alpha value is -3.30. The molecule has 2 aliphatic rings. The Morgan fingerprint density at radius 2 is 1.68 bits per heavy atom. The predicted octanol–water partition coefficient (Wildman–Crippen LogP) is 7.89. The molecular weight excluding hydrogens is 597 g/mol. The van der Waals surface area contributed by atoms with Crippen molar-refractivity contribution >= 4 is 46.7 Å². The van der Waals surface area contributed by atoms with E-state index in [0.29, 0.717) is 32.8 Å². The van der Waals surface area contributed by atoms with Crippen LogP contribution in [0.5, 0.6) is 0 Å². The Bertz CT molecular complexity index is 1510. The first-order chi connectivity index (χ1) is 20.6. The molecule has 0 bridgehead atoms. The van der Waals surface area contributed by atoms with Gasteiger partial charge in [0.25, 0.3) is 17.8 Å². The molecule has 1 fully saturated rings. The lowest BCUT2D eigenvalue weighted by molar-refractivity contribution is -0.134. The van der Waals surface area contributed by atoms with E-state index in [1.807, 2.05) is 17.0 Å². The van der Waals surface area contributed by atoms with Crippen LogP contribution in [0.1, 0.15) is 108 Å². The summed E-state index contributed by atoms with van der Waals surface area (Å²) in [6.45, 7) is 13.5. The lowest BCUT2D eigenvalue weighted by atomic mass is 9.69. The largest absolute Gasteiger partial charge is 0.305 e. The van der Waals surface area contributed by atoms with Crippen LogP contribution in [0.15, 0.2) is 47.5 Å². The van der Waals surface area contributed by atoms with Gasteiger partial charge in [0.2, 0.25) is 0 Å². The third-order valence-corrected chi connectivity index (χ3v) is 9.38. The van der Waals surface area contributed by atoms with Crippen LogP contribution >= 0.6 is 23.2 Å². The van der Waals surface area contributed by atoms with Crippen molar-refractivity contribution in [2.75, 3.05) is 5.32 Å². The Labute approximate surface area is 269 Å². The van der Waals surface area contributed by atoms with Gasteiger partial charge < -0.3 is 4.90 Å². The summed E-state index contributed by atoms with van der Waals surface area (Å²) in [4.78, 5) is 34.7. The Kier molecular flexibility index (Phi) is 8.93. The molecule has 2 aromatic carbocycles. The number of nitrogens with one attached hydrogen (secondary N) is 2. The molecule has 2 N–H and O–H groups in total. The highest BCUT2D eigenvalue weighted by atomic mass is 35.5.